The van der Waals surface area contributed by atoms with Gasteiger partial charge in [-0.05, 0) is 37.1 Å². The SMILES string of the molecule is COc1ccc(COc2cnn(CC(=O)c3ccc(C(C)O)cc3C)c(=O)c2)nc1. The molecule has 3 aromatic rings. The largest absolute Gasteiger partial charge is 0.495 e. The highest BCUT2D eigenvalue weighted by Gasteiger charge is 2.13. The minimum atomic E-state index is -0.613. The van der Waals surface area contributed by atoms with Crippen LogP contribution < -0.4 is 15.0 Å². The Kier molecular flexibility index (Phi) is 6.58. The fourth-order valence-electron chi connectivity index (χ4n) is 2.87. The van der Waals surface area contributed by atoms with Crippen LogP contribution in [0.5, 0.6) is 11.5 Å². The van der Waals surface area contributed by atoms with E-state index in [-0.39, 0.29) is 18.9 Å². The van der Waals surface area contributed by atoms with Crippen LogP contribution in [0.2, 0.25) is 0 Å². The molecule has 0 bridgehead atoms. The highest BCUT2D eigenvalue weighted by Crippen LogP contribution is 2.18. The Bertz CT molecular complexity index is 1090. The summed E-state index contributed by atoms with van der Waals surface area (Å²) in [6, 6.07) is 9.93. The number of aliphatic hydroxyl groups excluding tert-OH is 1. The molecule has 30 heavy (non-hydrogen) atoms. The number of methoxy groups -OCH3 is 1. The molecule has 0 fully saturated rings. The molecule has 0 aliphatic heterocycles. The zero-order valence-electron chi connectivity index (χ0n) is 17.0. The Labute approximate surface area is 173 Å². The van der Waals surface area contributed by atoms with Gasteiger partial charge in [-0.3, -0.25) is 14.6 Å². The van der Waals surface area contributed by atoms with Gasteiger partial charge in [0.2, 0.25) is 0 Å². The Balaban J connectivity index is 1.66. The van der Waals surface area contributed by atoms with Crippen LogP contribution in [0.4, 0.5) is 0 Å². The van der Waals surface area contributed by atoms with Crippen LogP contribution in [-0.4, -0.2) is 32.8 Å². The van der Waals surface area contributed by atoms with Gasteiger partial charge in [0.15, 0.2) is 5.78 Å². The first-order valence-electron chi connectivity index (χ1n) is 9.38. The number of Topliss-reactive ketones (excluding diaryl/α,β-unsaturated/α-hetero) is 1. The van der Waals surface area contributed by atoms with Gasteiger partial charge in [0.25, 0.3) is 5.56 Å². The molecule has 1 N–H and O–H groups in total. The van der Waals surface area contributed by atoms with Gasteiger partial charge in [-0.15, -0.1) is 0 Å². The summed E-state index contributed by atoms with van der Waals surface area (Å²) in [4.78, 5) is 29.1. The van der Waals surface area contributed by atoms with Crippen LogP contribution >= 0.6 is 0 Å². The van der Waals surface area contributed by atoms with Crippen LogP contribution in [0, 0.1) is 6.92 Å². The van der Waals surface area contributed by atoms with E-state index < -0.39 is 11.7 Å². The van der Waals surface area contributed by atoms with Crippen molar-refractivity contribution >= 4 is 5.78 Å². The summed E-state index contributed by atoms with van der Waals surface area (Å²) >= 11 is 0. The molecule has 0 amide bonds. The predicted octanol–water partition coefficient (Wildman–Crippen LogP) is 2.47. The van der Waals surface area contributed by atoms with E-state index in [1.165, 1.54) is 12.3 Å². The quantitative estimate of drug-likeness (QED) is 0.570. The highest BCUT2D eigenvalue weighted by atomic mass is 16.5. The van der Waals surface area contributed by atoms with Crippen molar-refractivity contribution in [2.24, 2.45) is 0 Å². The molecule has 0 saturated carbocycles. The molecule has 1 atom stereocenters. The second-order valence-corrected chi connectivity index (χ2v) is 6.84. The summed E-state index contributed by atoms with van der Waals surface area (Å²) in [5.74, 6) is 0.692. The van der Waals surface area contributed by atoms with Crippen LogP contribution in [0.15, 0.2) is 53.6 Å². The molecule has 0 spiro atoms. The number of carbonyl (C=O) groups is 1. The van der Waals surface area contributed by atoms with E-state index in [1.54, 1.807) is 57.5 Å². The van der Waals surface area contributed by atoms with Crippen molar-refractivity contribution in [1.82, 2.24) is 14.8 Å². The Hall–Kier alpha value is -3.52. The van der Waals surface area contributed by atoms with E-state index in [0.29, 0.717) is 22.8 Å². The lowest BCUT2D eigenvalue weighted by molar-refractivity contribution is 0.0964. The molecular formula is C22H23N3O5. The van der Waals surface area contributed by atoms with Gasteiger partial charge in [-0.1, -0.05) is 18.2 Å². The number of aromatic nitrogens is 3. The topological polar surface area (TPSA) is 104 Å². The number of pyridine rings is 1. The molecule has 8 heteroatoms. The maximum absolute atomic E-state index is 12.6. The van der Waals surface area contributed by atoms with Crippen molar-refractivity contribution in [3.63, 3.8) is 0 Å². The first-order chi connectivity index (χ1) is 14.4. The Morgan fingerprint density at radius 3 is 2.57 bits per heavy atom. The number of ether oxygens (including phenoxy) is 2. The molecule has 156 valence electrons. The van der Waals surface area contributed by atoms with Crippen molar-refractivity contribution in [2.75, 3.05) is 7.11 Å². The van der Waals surface area contributed by atoms with Gasteiger partial charge in [0, 0.05) is 11.6 Å². The number of aliphatic hydroxyl groups is 1. The fourth-order valence-corrected chi connectivity index (χ4v) is 2.87. The van der Waals surface area contributed by atoms with Gasteiger partial charge >= 0.3 is 0 Å². The van der Waals surface area contributed by atoms with Crippen LogP contribution in [0.25, 0.3) is 0 Å². The first-order valence-corrected chi connectivity index (χ1v) is 9.38. The van der Waals surface area contributed by atoms with Crippen molar-refractivity contribution in [3.8, 4) is 11.5 Å². The smallest absolute Gasteiger partial charge is 0.270 e. The maximum Gasteiger partial charge on any atom is 0.270 e. The number of nitrogens with zero attached hydrogens (tertiary/aromatic N) is 3. The van der Waals surface area contributed by atoms with Crippen molar-refractivity contribution in [2.45, 2.75) is 33.1 Å². The number of hydrogen-bond acceptors (Lipinski definition) is 7. The molecule has 2 heterocycles. The third-order valence-electron chi connectivity index (χ3n) is 4.59. The number of benzene rings is 1. The van der Waals surface area contributed by atoms with Gasteiger partial charge in [0.1, 0.15) is 24.7 Å². The van der Waals surface area contributed by atoms with Crippen LogP contribution in [0.1, 0.15) is 40.2 Å². The number of rotatable bonds is 8. The third-order valence-corrected chi connectivity index (χ3v) is 4.59. The average Bonchev–Trinajstić information content (AvgIpc) is 2.74. The lowest BCUT2D eigenvalue weighted by Gasteiger charge is -2.11. The summed E-state index contributed by atoms with van der Waals surface area (Å²) in [7, 11) is 1.56. The van der Waals surface area contributed by atoms with Crippen molar-refractivity contribution < 1.29 is 19.4 Å². The van der Waals surface area contributed by atoms with Gasteiger partial charge in [-0.25, -0.2) is 4.68 Å². The molecule has 0 aliphatic rings. The monoisotopic (exact) mass is 409 g/mol. The molecule has 3 rings (SSSR count). The molecule has 2 aromatic heterocycles. The fraction of sp³-hybridized carbons (Fsp3) is 0.273. The Morgan fingerprint density at radius 1 is 1.17 bits per heavy atom. The molecule has 0 saturated heterocycles. The summed E-state index contributed by atoms with van der Waals surface area (Å²) in [6.07, 6.45) is 2.36. The molecule has 1 aromatic carbocycles. The number of aryl methyl sites for hydroxylation is 1. The molecule has 0 radical (unpaired) electrons. The lowest BCUT2D eigenvalue weighted by Crippen LogP contribution is -2.26. The Morgan fingerprint density at radius 2 is 1.97 bits per heavy atom. The second kappa shape index (κ2) is 9.32. The van der Waals surface area contributed by atoms with Crippen LogP contribution in [0.3, 0.4) is 0 Å². The molecule has 1 unspecified atom stereocenters. The summed E-state index contributed by atoms with van der Waals surface area (Å²) in [5, 5.41) is 13.7. The zero-order chi connectivity index (χ0) is 21.7. The molecule has 8 nitrogen and oxygen atoms in total. The van der Waals surface area contributed by atoms with Crippen molar-refractivity contribution in [1.29, 1.82) is 0 Å². The summed E-state index contributed by atoms with van der Waals surface area (Å²) < 4.78 is 11.7. The van der Waals surface area contributed by atoms with Gasteiger partial charge in [0.05, 0.1) is 31.3 Å². The maximum atomic E-state index is 12.6. The van der Waals surface area contributed by atoms with Gasteiger partial charge < -0.3 is 14.6 Å². The summed E-state index contributed by atoms with van der Waals surface area (Å²) in [5.41, 5.74) is 2.18. The van der Waals surface area contributed by atoms with Crippen LogP contribution in [-0.2, 0) is 13.2 Å². The normalized spacial score (nSPS) is 11.7. The minimum Gasteiger partial charge on any atom is -0.495 e. The van der Waals surface area contributed by atoms with E-state index in [1.807, 2.05) is 0 Å². The van der Waals surface area contributed by atoms with E-state index in [9.17, 15) is 14.7 Å². The van der Waals surface area contributed by atoms with E-state index in [2.05, 4.69) is 10.1 Å². The van der Waals surface area contributed by atoms with E-state index in [0.717, 1.165) is 15.8 Å². The lowest BCUT2D eigenvalue weighted by atomic mass is 9.99. The predicted molar refractivity (Wildman–Crippen MR) is 110 cm³/mol. The highest BCUT2D eigenvalue weighted by molar-refractivity contribution is 5.97. The van der Waals surface area contributed by atoms with Crippen molar-refractivity contribution in [3.05, 3.63) is 81.5 Å². The zero-order valence-corrected chi connectivity index (χ0v) is 17.0. The molecular weight excluding hydrogens is 386 g/mol. The molecule has 0 aliphatic carbocycles. The second-order valence-electron chi connectivity index (χ2n) is 6.84. The first kappa shape index (κ1) is 21.2. The minimum absolute atomic E-state index is 0.170. The average molecular weight is 409 g/mol. The number of hydrogen-bond donors (Lipinski definition) is 1. The number of ketones is 1. The van der Waals surface area contributed by atoms with E-state index in [4.69, 9.17) is 9.47 Å². The third kappa shape index (κ3) is 5.09. The number of carbonyl (C=O) groups excluding carboxylic acids is 1. The van der Waals surface area contributed by atoms with E-state index >= 15 is 0 Å². The standard InChI is InChI=1S/C22H23N3O5/c1-14-8-16(15(2)26)4-7-20(14)21(27)12-25-22(28)9-19(11-24-25)30-13-17-5-6-18(29-3)10-23-17/h4-11,15,26H,12-13H2,1-3H3. The van der Waals surface area contributed by atoms with Gasteiger partial charge in [-0.2, -0.15) is 5.10 Å². The summed E-state index contributed by atoms with van der Waals surface area (Å²) in [6.45, 7) is 3.43.